The van der Waals surface area contributed by atoms with Crippen molar-refractivity contribution in [3.8, 4) is 0 Å². The summed E-state index contributed by atoms with van der Waals surface area (Å²) >= 11 is 6.01. The maximum Gasteiger partial charge on any atom is 0.0610 e. The summed E-state index contributed by atoms with van der Waals surface area (Å²) in [6.45, 7) is 11.0. The van der Waals surface area contributed by atoms with Crippen LogP contribution in [0.5, 0.6) is 0 Å². The van der Waals surface area contributed by atoms with Crippen LogP contribution in [0.15, 0.2) is 54.6 Å². The van der Waals surface area contributed by atoms with Crippen LogP contribution in [-0.2, 0) is 16.7 Å². The zero-order chi connectivity index (χ0) is 20.9. The van der Waals surface area contributed by atoms with Crippen molar-refractivity contribution >= 4 is 11.6 Å². The Bertz CT molecular complexity index is 725. The van der Waals surface area contributed by atoms with E-state index >= 15 is 0 Å². The molecule has 2 atom stereocenters. The average molecular weight is 414 g/mol. The first-order valence-corrected chi connectivity index (χ1v) is 11.4. The first kappa shape index (κ1) is 22.3. The van der Waals surface area contributed by atoms with Crippen molar-refractivity contribution < 1.29 is 4.74 Å². The molecular formula is C26H36ClNO. The van der Waals surface area contributed by atoms with Crippen LogP contribution in [0.1, 0.15) is 58.1 Å². The largest absolute Gasteiger partial charge is 0.374 e. The van der Waals surface area contributed by atoms with Gasteiger partial charge in [-0.3, -0.25) is 0 Å². The Kier molecular flexibility index (Phi) is 7.79. The highest BCUT2D eigenvalue weighted by Gasteiger charge is 2.43. The minimum atomic E-state index is 0.163. The third-order valence-electron chi connectivity index (χ3n) is 6.43. The highest BCUT2D eigenvalue weighted by atomic mass is 35.5. The van der Waals surface area contributed by atoms with E-state index in [2.05, 4.69) is 75.5 Å². The molecule has 1 saturated heterocycles. The highest BCUT2D eigenvalue weighted by molar-refractivity contribution is 6.30. The maximum atomic E-state index is 6.54. The molecule has 0 aliphatic carbocycles. The molecule has 1 heterocycles. The second-order valence-corrected chi connectivity index (χ2v) is 9.75. The van der Waals surface area contributed by atoms with E-state index in [0.717, 1.165) is 37.4 Å². The molecule has 0 spiro atoms. The van der Waals surface area contributed by atoms with Gasteiger partial charge in [0.2, 0.25) is 0 Å². The molecule has 0 amide bonds. The summed E-state index contributed by atoms with van der Waals surface area (Å²) < 4.78 is 6.54. The van der Waals surface area contributed by atoms with Gasteiger partial charge in [0.05, 0.1) is 12.2 Å². The second-order valence-electron chi connectivity index (χ2n) is 9.31. The molecule has 1 aliphatic heterocycles. The quantitative estimate of drug-likeness (QED) is 0.491. The van der Waals surface area contributed by atoms with E-state index in [1.165, 1.54) is 11.1 Å². The van der Waals surface area contributed by atoms with Gasteiger partial charge in [0.15, 0.2) is 0 Å². The van der Waals surface area contributed by atoms with Gasteiger partial charge in [-0.15, -0.1) is 0 Å². The molecule has 1 aliphatic rings. The molecular weight excluding hydrogens is 378 g/mol. The van der Waals surface area contributed by atoms with Crippen LogP contribution < -0.4 is 5.32 Å². The Morgan fingerprint density at radius 2 is 1.52 bits per heavy atom. The van der Waals surface area contributed by atoms with Gasteiger partial charge in [0, 0.05) is 17.0 Å². The fourth-order valence-corrected chi connectivity index (χ4v) is 4.62. The third-order valence-corrected chi connectivity index (χ3v) is 6.68. The standard InChI is InChI=1S/C26H36ClNO/c1-19(2)24-16-26(17-25(29-24)20(3)4,22-8-6-5-7-9-22)14-15-28-18-21-10-12-23(27)13-11-21/h5-13,19-20,24-25,28H,14-18H2,1-4H3/t24-,25-/m1/s1. The van der Waals surface area contributed by atoms with Crippen LogP contribution in [0.25, 0.3) is 0 Å². The van der Waals surface area contributed by atoms with E-state index in [9.17, 15) is 0 Å². The van der Waals surface area contributed by atoms with E-state index in [1.54, 1.807) is 0 Å². The molecule has 2 aromatic carbocycles. The minimum absolute atomic E-state index is 0.163. The number of hydrogen-bond donors (Lipinski definition) is 1. The Morgan fingerprint density at radius 1 is 0.931 bits per heavy atom. The topological polar surface area (TPSA) is 21.3 Å². The van der Waals surface area contributed by atoms with E-state index in [1.807, 2.05) is 12.1 Å². The van der Waals surface area contributed by atoms with Crippen molar-refractivity contribution in [2.24, 2.45) is 11.8 Å². The molecule has 0 unspecified atom stereocenters. The monoisotopic (exact) mass is 413 g/mol. The fourth-order valence-electron chi connectivity index (χ4n) is 4.50. The van der Waals surface area contributed by atoms with Gasteiger partial charge < -0.3 is 10.1 Å². The molecule has 158 valence electrons. The smallest absolute Gasteiger partial charge is 0.0610 e. The van der Waals surface area contributed by atoms with Crippen LogP contribution >= 0.6 is 11.6 Å². The molecule has 2 aromatic rings. The van der Waals surface area contributed by atoms with E-state index in [0.29, 0.717) is 24.0 Å². The molecule has 1 fully saturated rings. The molecule has 0 aromatic heterocycles. The van der Waals surface area contributed by atoms with Crippen molar-refractivity contribution in [2.45, 2.75) is 71.1 Å². The molecule has 2 nitrogen and oxygen atoms in total. The number of hydrogen-bond acceptors (Lipinski definition) is 2. The molecule has 0 radical (unpaired) electrons. The van der Waals surface area contributed by atoms with Gasteiger partial charge >= 0.3 is 0 Å². The lowest BCUT2D eigenvalue weighted by Gasteiger charge is -2.48. The van der Waals surface area contributed by atoms with Gasteiger partial charge in [0.1, 0.15) is 0 Å². The highest BCUT2D eigenvalue weighted by Crippen LogP contribution is 2.45. The summed E-state index contributed by atoms with van der Waals surface area (Å²) in [6, 6.07) is 19.2. The summed E-state index contributed by atoms with van der Waals surface area (Å²) in [5.74, 6) is 1.06. The number of nitrogens with one attached hydrogen (secondary N) is 1. The van der Waals surface area contributed by atoms with E-state index < -0.39 is 0 Å². The fraction of sp³-hybridized carbons (Fsp3) is 0.538. The lowest BCUT2D eigenvalue weighted by molar-refractivity contribution is -0.118. The summed E-state index contributed by atoms with van der Waals surface area (Å²) in [5.41, 5.74) is 2.90. The summed E-state index contributed by atoms with van der Waals surface area (Å²) in [6.07, 6.45) is 3.95. The predicted octanol–water partition coefficient (Wildman–Crippen LogP) is 6.62. The van der Waals surface area contributed by atoms with Gasteiger partial charge in [-0.1, -0.05) is 81.8 Å². The van der Waals surface area contributed by atoms with Crippen molar-refractivity contribution in [1.82, 2.24) is 5.32 Å². The predicted molar refractivity (Wildman–Crippen MR) is 123 cm³/mol. The van der Waals surface area contributed by atoms with Gasteiger partial charge in [0.25, 0.3) is 0 Å². The lowest BCUT2D eigenvalue weighted by Crippen LogP contribution is -2.48. The van der Waals surface area contributed by atoms with Crippen LogP contribution in [-0.4, -0.2) is 18.8 Å². The summed E-state index contributed by atoms with van der Waals surface area (Å²) in [7, 11) is 0. The van der Waals surface area contributed by atoms with Gasteiger partial charge in [-0.2, -0.15) is 0 Å². The molecule has 3 rings (SSSR count). The average Bonchev–Trinajstić information content (AvgIpc) is 2.73. The molecule has 3 heteroatoms. The van der Waals surface area contributed by atoms with Gasteiger partial charge in [-0.05, 0) is 60.9 Å². The number of rotatable bonds is 8. The zero-order valence-corrected chi connectivity index (χ0v) is 19.1. The van der Waals surface area contributed by atoms with E-state index in [-0.39, 0.29) is 5.41 Å². The summed E-state index contributed by atoms with van der Waals surface area (Å²) in [5, 5.41) is 4.46. The first-order chi connectivity index (χ1) is 13.9. The van der Waals surface area contributed by atoms with Crippen LogP contribution in [0.4, 0.5) is 0 Å². The molecule has 0 bridgehead atoms. The normalized spacial score (nSPS) is 24.9. The second kappa shape index (κ2) is 10.1. The Morgan fingerprint density at radius 3 is 2.07 bits per heavy atom. The minimum Gasteiger partial charge on any atom is -0.374 e. The number of benzene rings is 2. The maximum absolute atomic E-state index is 6.54. The Balaban J connectivity index is 1.75. The zero-order valence-electron chi connectivity index (χ0n) is 18.3. The summed E-state index contributed by atoms with van der Waals surface area (Å²) in [4.78, 5) is 0. The van der Waals surface area contributed by atoms with Crippen molar-refractivity contribution in [1.29, 1.82) is 0 Å². The van der Waals surface area contributed by atoms with Gasteiger partial charge in [-0.25, -0.2) is 0 Å². The van der Waals surface area contributed by atoms with Crippen LogP contribution in [0.2, 0.25) is 5.02 Å². The Hall–Kier alpha value is -1.35. The van der Waals surface area contributed by atoms with Crippen LogP contribution in [0, 0.1) is 11.8 Å². The lowest BCUT2D eigenvalue weighted by atomic mass is 9.66. The number of ether oxygens (including phenoxy) is 1. The van der Waals surface area contributed by atoms with Crippen LogP contribution in [0.3, 0.4) is 0 Å². The number of halogens is 1. The van der Waals surface area contributed by atoms with Crippen molar-refractivity contribution in [3.63, 3.8) is 0 Å². The first-order valence-electron chi connectivity index (χ1n) is 11.1. The Labute approximate surface area is 182 Å². The molecule has 29 heavy (non-hydrogen) atoms. The van der Waals surface area contributed by atoms with Crippen molar-refractivity contribution in [2.75, 3.05) is 6.54 Å². The van der Waals surface area contributed by atoms with Crippen molar-refractivity contribution in [3.05, 3.63) is 70.7 Å². The molecule has 1 N–H and O–H groups in total. The third kappa shape index (κ3) is 5.84. The molecule has 0 saturated carbocycles. The van der Waals surface area contributed by atoms with E-state index in [4.69, 9.17) is 16.3 Å². The SMILES string of the molecule is CC(C)[C@H]1CC(CCNCc2ccc(Cl)cc2)(c2ccccc2)C[C@H](C(C)C)O1.